The molecular formula is C32H43ClN2O9. The molecule has 12 heteroatoms. The first-order valence-corrected chi connectivity index (χ1v) is 15.1. The summed E-state index contributed by atoms with van der Waals surface area (Å²) in [5.41, 5.74) is -0.587. The summed E-state index contributed by atoms with van der Waals surface area (Å²) < 4.78 is 28.8. The number of methoxy groups -OCH3 is 2. The van der Waals surface area contributed by atoms with Crippen LogP contribution in [-0.2, 0) is 35.0 Å². The standard InChI is InChI=1S/C32H43ClN2O9/c1-17(2)29(37)43-25-15-26(36)35(6)21-13-20(14-22(40-7)27(21)33)12-18(3)10-9-11-24(41-8)32(39)16-23(42-30(38)34-32)19(4)28-31(25,5)44-28/h9-11,13-14,17,19,23-25,28,39H,12,15-16H2,1-8H3,(H,34,38)/b11-9+,18-10+/t19-,23-,24+,25-,28-,31-,32-/m0/s1. The summed E-state index contributed by atoms with van der Waals surface area (Å²) in [5.74, 6) is -1.30. The topological polar surface area (TPSA) is 136 Å². The number of alkyl carbamates (subject to hydrolysis) is 1. The normalized spacial score (nSPS) is 34.7. The van der Waals surface area contributed by atoms with Crippen molar-refractivity contribution < 1.29 is 43.2 Å². The van der Waals surface area contributed by atoms with Crippen molar-refractivity contribution in [2.75, 3.05) is 26.2 Å². The first kappa shape index (κ1) is 33.8. The second-order valence-electron chi connectivity index (χ2n) is 12.4. The van der Waals surface area contributed by atoms with Gasteiger partial charge in [-0.05, 0) is 38.0 Å². The number of aliphatic hydroxyl groups is 1. The molecule has 0 saturated carbocycles. The van der Waals surface area contributed by atoms with Crippen LogP contribution in [0.25, 0.3) is 0 Å². The van der Waals surface area contributed by atoms with Crippen molar-refractivity contribution in [2.45, 2.75) is 89.6 Å². The maximum atomic E-state index is 13.8. The lowest BCUT2D eigenvalue weighted by atomic mass is 9.83. The van der Waals surface area contributed by atoms with E-state index in [1.54, 1.807) is 40.0 Å². The molecule has 0 aliphatic carbocycles. The van der Waals surface area contributed by atoms with Crippen LogP contribution in [0.4, 0.5) is 10.5 Å². The fourth-order valence-corrected chi connectivity index (χ4v) is 6.19. The molecule has 3 heterocycles. The van der Waals surface area contributed by atoms with Crippen molar-refractivity contribution in [2.24, 2.45) is 11.8 Å². The number of rotatable bonds is 4. The minimum Gasteiger partial charge on any atom is -0.495 e. The van der Waals surface area contributed by atoms with Crippen LogP contribution in [0.15, 0.2) is 35.9 Å². The van der Waals surface area contributed by atoms with Crippen LogP contribution in [0.1, 0.15) is 53.0 Å². The van der Waals surface area contributed by atoms with Crippen molar-refractivity contribution in [1.29, 1.82) is 0 Å². The number of nitrogens with zero attached hydrogens (tertiary/aromatic N) is 1. The Morgan fingerprint density at radius 1 is 1.25 bits per heavy atom. The van der Waals surface area contributed by atoms with Gasteiger partial charge in [-0.15, -0.1) is 0 Å². The fraction of sp³-hybridized carbons (Fsp3) is 0.594. The number of amides is 2. The number of nitrogens with one attached hydrogen (secondary N) is 1. The van der Waals surface area contributed by atoms with Crippen LogP contribution in [-0.4, -0.2) is 80.1 Å². The molecule has 2 amide bonds. The predicted molar refractivity (Wildman–Crippen MR) is 164 cm³/mol. The molecule has 2 fully saturated rings. The molecule has 4 bridgehead atoms. The third-order valence-electron chi connectivity index (χ3n) is 8.68. The molecular weight excluding hydrogens is 592 g/mol. The molecule has 1 aromatic carbocycles. The van der Waals surface area contributed by atoms with Gasteiger partial charge in [0.2, 0.25) is 5.91 Å². The molecule has 11 nitrogen and oxygen atoms in total. The molecule has 242 valence electrons. The predicted octanol–water partition coefficient (Wildman–Crippen LogP) is 4.32. The minimum atomic E-state index is -1.77. The molecule has 3 aliphatic rings. The monoisotopic (exact) mass is 634 g/mol. The summed E-state index contributed by atoms with van der Waals surface area (Å²) in [6, 6.07) is 3.63. The number of hydrogen-bond acceptors (Lipinski definition) is 9. The number of esters is 1. The van der Waals surface area contributed by atoms with E-state index in [1.165, 1.54) is 19.1 Å². The van der Waals surface area contributed by atoms with E-state index in [4.69, 9.17) is 35.3 Å². The van der Waals surface area contributed by atoms with Crippen LogP contribution in [0.5, 0.6) is 5.75 Å². The molecule has 0 unspecified atom stereocenters. The third-order valence-corrected chi connectivity index (χ3v) is 9.06. The molecule has 3 aliphatic heterocycles. The number of fused-ring (bicyclic) bond motifs is 5. The van der Waals surface area contributed by atoms with E-state index < -0.39 is 59.6 Å². The summed E-state index contributed by atoms with van der Waals surface area (Å²) in [7, 11) is 4.56. The number of anilines is 1. The largest absolute Gasteiger partial charge is 0.495 e. The first-order valence-electron chi connectivity index (χ1n) is 14.7. The molecule has 44 heavy (non-hydrogen) atoms. The summed E-state index contributed by atoms with van der Waals surface area (Å²) in [4.78, 5) is 40.7. The number of epoxide rings is 1. The fourth-order valence-electron chi connectivity index (χ4n) is 5.88. The van der Waals surface area contributed by atoms with E-state index >= 15 is 0 Å². The van der Waals surface area contributed by atoms with Gasteiger partial charge in [-0.25, -0.2) is 4.79 Å². The molecule has 0 spiro atoms. The highest BCUT2D eigenvalue weighted by Gasteiger charge is 2.64. The summed E-state index contributed by atoms with van der Waals surface area (Å²) >= 11 is 6.68. The summed E-state index contributed by atoms with van der Waals surface area (Å²) in [6.45, 7) is 8.95. The van der Waals surface area contributed by atoms with Crippen molar-refractivity contribution in [3.63, 3.8) is 0 Å². The molecule has 4 rings (SSSR count). The zero-order valence-electron chi connectivity index (χ0n) is 26.5. The molecule has 0 radical (unpaired) electrons. The SMILES string of the molecule is COc1cc2cc(c1Cl)N(C)C(=O)C[C@H](OC(=O)C(C)C)[C@]1(C)O[C@H]1[C@@H](C)[C@@H]1C[C@@](O)(NC(=O)O1)[C@H](OC)/C=C/C=C(\C)C2. The van der Waals surface area contributed by atoms with Crippen molar-refractivity contribution in [3.8, 4) is 5.75 Å². The van der Waals surface area contributed by atoms with Crippen LogP contribution in [0.2, 0.25) is 5.02 Å². The Morgan fingerprint density at radius 3 is 2.59 bits per heavy atom. The highest BCUT2D eigenvalue weighted by molar-refractivity contribution is 6.35. The number of allylic oxidation sites excluding steroid dienone is 3. The van der Waals surface area contributed by atoms with Crippen LogP contribution >= 0.6 is 11.6 Å². The van der Waals surface area contributed by atoms with E-state index in [2.05, 4.69) is 5.32 Å². The van der Waals surface area contributed by atoms with Gasteiger partial charge in [0, 0.05) is 26.5 Å². The van der Waals surface area contributed by atoms with Gasteiger partial charge in [-0.1, -0.05) is 56.2 Å². The second-order valence-corrected chi connectivity index (χ2v) is 12.8. The van der Waals surface area contributed by atoms with Gasteiger partial charge in [-0.3, -0.25) is 14.9 Å². The van der Waals surface area contributed by atoms with E-state index in [-0.39, 0.29) is 23.8 Å². The maximum Gasteiger partial charge on any atom is 0.409 e. The van der Waals surface area contributed by atoms with Gasteiger partial charge in [0.1, 0.15) is 34.7 Å². The quantitative estimate of drug-likeness (QED) is 0.366. The third kappa shape index (κ3) is 6.91. The number of carbonyl (C=O) groups is 3. The minimum absolute atomic E-state index is 0.00361. The number of ether oxygens (including phenoxy) is 5. The summed E-state index contributed by atoms with van der Waals surface area (Å²) in [5, 5.41) is 14.4. The molecule has 2 N–H and O–H groups in total. The van der Waals surface area contributed by atoms with E-state index in [0.717, 1.165) is 11.1 Å². The smallest absolute Gasteiger partial charge is 0.409 e. The van der Waals surface area contributed by atoms with Gasteiger partial charge >= 0.3 is 12.1 Å². The van der Waals surface area contributed by atoms with Crippen LogP contribution < -0.4 is 15.0 Å². The Hall–Kier alpha value is -3.12. The highest BCUT2D eigenvalue weighted by atomic mass is 35.5. The van der Waals surface area contributed by atoms with E-state index in [9.17, 15) is 19.5 Å². The number of hydrogen-bond donors (Lipinski definition) is 2. The first-order chi connectivity index (χ1) is 20.6. The van der Waals surface area contributed by atoms with Gasteiger partial charge in [0.05, 0.1) is 31.2 Å². The van der Waals surface area contributed by atoms with Gasteiger partial charge in [-0.2, -0.15) is 0 Å². The average molecular weight is 635 g/mol. The average Bonchev–Trinajstić information content (AvgIpc) is 3.66. The van der Waals surface area contributed by atoms with Gasteiger partial charge in [0.25, 0.3) is 0 Å². The van der Waals surface area contributed by atoms with E-state index in [1.807, 2.05) is 32.1 Å². The summed E-state index contributed by atoms with van der Waals surface area (Å²) in [6.07, 6.45) is 1.65. The Bertz CT molecular complexity index is 1350. The Kier molecular flexibility index (Phi) is 10.0. The second kappa shape index (κ2) is 13.1. The maximum absolute atomic E-state index is 13.8. The highest BCUT2D eigenvalue weighted by Crippen LogP contribution is 2.49. The lowest BCUT2D eigenvalue weighted by Crippen LogP contribution is -2.63. The van der Waals surface area contributed by atoms with Crippen molar-refractivity contribution in [3.05, 3.63) is 46.5 Å². The molecule has 0 aromatic heterocycles. The molecule has 2 saturated heterocycles. The van der Waals surface area contributed by atoms with Crippen molar-refractivity contribution >= 4 is 35.3 Å². The zero-order chi connectivity index (χ0) is 32.6. The molecule has 1 aromatic rings. The van der Waals surface area contributed by atoms with Gasteiger partial charge < -0.3 is 33.7 Å². The van der Waals surface area contributed by atoms with Crippen molar-refractivity contribution in [1.82, 2.24) is 5.32 Å². The Balaban J connectivity index is 1.80. The molecule has 7 atom stereocenters. The Labute approximate surface area is 263 Å². The number of benzene rings is 1. The lowest BCUT2D eigenvalue weighted by Gasteiger charge is -2.42. The van der Waals surface area contributed by atoms with E-state index in [0.29, 0.717) is 17.9 Å². The van der Waals surface area contributed by atoms with Crippen LogP contribution in [0.3, 0.4) is 0 Å². The number of halogens is 1. The Morgan fingerprint density at radius 2 is 1.95 bits per heavy atom. The lowest BCUT2D eigenvalue weighted by molar-refractivity contribution is -0.157. The van der Waals surface area contributed by atoms with Gasteiger partial charge in [0.15, 0.2) is 5.72 Å². The number of carbonyl (C=O) groups excluding carboxylic acids is 3. The zero-order valence-corrected chi connectivity index (χ0v) is 27.3. The van der Waals surface area contributed by atoms with Crippen LogP contribution in [0, 0.1) is 11.8 Å².